The highest BCUT2D eigenvalue weighted by molar-refractivity contribution is 6.07. The zero-order valence-electron chi connectivity index (χ0n) is 14.6. The van der Waals surface area contributed by atoms with Crippen LogP contribution in [0.15, 0.2) is 41.0 Å². The number of carbonyl (C=O) groups is 1. The molecule has 0 radical (unpaired) electrons. The highest BCUT2D eigenvalue weighted by Crippen LogP contribution is 2.28. The molecule has 0 aromatic heterocycles. The summed E-state index contributed by atoms with van der Waals surface area (Å²) in [5, 5.41) is 6.85. The Hall–Kier alpha value is -2.34. The minimum Gasteiger partial charge on any atom is -0.469 e. The first-order chi connectivity index (χ1) is 12.2. The van der Waals surface area contributed by atoms with Crippen LogP contribution < -0.4 is 16.4 Å². The first-order valence-electron chi connectivity index (χ1n) is 8.85. The van der Waals surface area contributed by atoms with Gasteiger partial charge in [-0.05, 0) is 37.8 Å². The zero-order valence-corrected chi connectivity index (χ0v) is 14.6. The Bertz CT molecular complexity index is 676. The zero-order chi connectivity index (χ0) is 17.6. The van der Waals surface area contributed by atoms with Gasteiger partial charge in [0.05, 0.1) is 36.7 Å². The number of para-hydroxylation sites is 2. The van der Waals surface area contributed by atoms with Crippen LogP contribution in [0.3, 0.4) is 0 Å². The van der Waals surface area contributed by atoms with Crippen molar-refractivity contribution in [3.8, 4) is 0 Å². The number of nitrogens with one attached hydrogen (secondary N) is 2. The van der Waals surface area contributed by atoms with Gasteiger partial charge in [-0.25, -0.2) is 4.99 Å². The molecule has 6 nitrogen and oxygen atoms in total. The average molecular weight is 342 g/mol. The van der Waals surface area contributed by atoms with Crippen LogP contribution in [0.5, 0.6) is 0 Å². The number of carbonyl (C=O) groups excluding carboxylic acids is 1. The molecule has 134 valence electrons. The molecular formula is C19H26N4O2. The molecule has 4 N–H and O–H groups in total. The summed E-state index contributed by atoms with van der Waals surface area (Å²) in [6, 6.07) is 8.37. The molecule has 1 aliphatic heterocycles. The fraction of sp³-hybridized carbons (Fsp3) is 0.474. The van der Waals surface area contributed by atoms with Crippen LogP contribution >= 0.6 is 0 Å². The largest absolute Gasteiger partial charge is 0.469 e. The van der Waals surface area contributed by atoms with Crippen molar-refractivity contribution >= 4 is 23.1 Å². The number of esters is 1. The minimum absolute atomic E-state index is 0.0458. The highest BCUT2D eigenvalue weighted by Gasteiger charge is 2.26. The lowest BCUT2D eigenvalue weighted by Gasteiger charge is -2.27. The number of anilines is 1. The van der Waals surface area contributed by atoms with Crippen LogP contribution in [0.4, 0.5) is 11.4 Å². The van der Waals surface area contributed by atoms with Gasteiger partial charge in [0.2, 0.25) is 0 Å². The first kappa shape index (κ1) is 17.5. The number of nitrogens with zero attached hydrogens (tertiary/aromatic N) is 1. The van der Waals surface area contributed by atoms with Gasteiger partial charge in [0.25, 0.3) is 0 Å². The molecule has 2 aliphatic rings. The lowest BCUT2D eigenvalue weighted by molar-refractivity contribution is -0.146. The van der Waals surface area contributed by atoms with Crippen molar-refractivity contribution < 1.29 is 9.53 Å². The lowest BCUT2D eigenvalue weighted by atomic mass is 9.86. The second kappa shape index (κ2) is 8.16. The number of aliphatic imine (C=N–C) groups is 1. The Kier molecular flexibility index (Phi) is 5.71. The van der Waals surface area contributed by atoms with E-state index in [9.17, 15) is 4.79 Å². The Labute approximate surface area is 148 Å². The van der Waals surface area contributed by atoms with E-state index in [1.807, 2.05) is 30.5 Å². The van der Waals surface area contributed by atoms with Crippen LogP contribution in [0.2, 0.25) is 0 Å². The molecular weight excluding hydrogens is 316 g/mol. The summed E-state index contributed by atoms with van der Waals surface area (Å²) in [5.41, 5.74) is 9.92. The fourth-order valence-electron chi connectivity index (χ4n) is 3.41. The number of benzene rings is 1. The summed E-state index contributed by atoms with van der Waals surface area (Å²) in [7, 11) is 1.46. The molecule has 1 fully saturated rings. The molecule has 25 heavy (non-hydrogen) atoms. The van der Waals surface area contributed by atoms with Crippen molar-refractivity contribution in [3.63, 3.8) is 0 Å². The molecule has 0 spiro atoms. The summed E-state index contributed by atoms with van der Waals surface area (Å²) in [6.45, 7) is 1.12. The van der Waals surface area contributed by atoms with Crippen molar-refractivity contribution in [1.29, 1.82) is 0 Å². The van der Waals surface area contributed by atoms with E-state index in [4.69, 9.17) is 15.5 Å². The number of fused-ring (bicyclic) bond motifs is 1. The number of hydrogen-bond donors (Lipinski definition) is 3. The molecule has 1 aromatic carbocycles. The lowest BCUT2D eigenvalue weighted by Crippen LogP contribution is -2.34. The molecule has 0 atom stereocenters. The van der Waals surface area contributed by atoms with Gasteiger partial charge in [-0.2, -0.15) is 0 Å². The molecule has 3 rings (SSSR count). The molecule has 0 unspecified atom stereocenters. The Balaban J connectivity index is 1.61. The van der Waals surface area contributed by atoms with Gasteiger partial charge >= 0.3 is 5.97 Å². The van der Waals surface area contributed by atoms with E-state index in [1.165, 1.54) is 7.11 Å². The van der Waals surface area contributed by atoms with Gasteiger partial charge in [-0.15, -0.1) is 0 Å². The maximum absolute atomic E-state index is 11.6. The number of nitrogens with two attached hydrogens (primary N) is 1. The van der Waals surface area contributed by atoms with Crippen molar-refractivity contribution in [2.45, 2.75) is 31.7 Å². The number of methoxy groups -OCH3 is 1. The smallest absolute Gasteiger partial charge is 0.308 e. The predicted molar refractivity (Wildman–Crippen MR) is 100 cm³/mol. The maximum Gasteiger partial charge on any atom is 0.308 e. The SMILES string of the molecule is COC(=O)C1CCC(N/C=C(\CN)C2=Nc3ccccc3NC2)CC1. The van der Waals surface area contributed by atoms with E-state index in [1.54, 1.807) is 0 Å². The third kappa shape index (κ3) is 4.20. The molecule has 0 bridgehead atoms. The van der Waals surface area contributed by atoms with Crippen LogP contribution in [0.1, 0.15) is 25.7 Å². The standard InChI is InChI=1S/C19H26N4O2/c1-25-19(24)13-6-8-15(9-7-13)21-11-14(10-20)18-12-22-16-4-2-3-5-17(16)23-18/h2-5,11,13,15,21-22H,6-10,12,20H2,1H3/b14-11+. The van der Waals surface area contributed by atoms with E-state index in [2.05, 4.69) is 10.6 Å². The molecule has 1 saturated carbocycles. The number of rotatable bonds is 5. The number of hydrogen-bond acceptors (Lipinski definition) is 6. The Morgan fingerprint density at radius 2 is 2.12 bits per heavy atom. The van der Waals surface area contributed by atoms with Crippen molar-refractivity contribution in [3.05, 3.63) is 36.0 Å². The summed E-state index contributed by atoms with van der Waals surface area (Å²) in [4.78, 5) is 16.3. The van der Waals surface area contributed by atoms with E-state index < -0.39 is 0 Å². The molecule has 1 aliphatic carbocycles. The molecule has 0 saturated heterocycles. The van der Waals surface area contributed by atoms with Crippen molar-refractivity contribution in [2.75, 3.05) is 25.5 Å². The Morgan fingerprint density at radius 1 is 1.36 bits per heavy atom. The summed E-state index contributed by atoms with van der Waals surface area (Å²) in [6.07, 6.45) is 5.65. The van der Waals surface area contributed by atoms with Crippen LogP contribution in [-0.4, -0.2) is 37.9 Å². The third-order valence-corrected chi connectivity index (χ3v) is 4.95. The third-order valence-electron chi connectivity index (χ3n) is 4.95. The van der Waals surface area contributed by atoms with Gasteiger partial charge in [-0.3, -0.25) is 4.79 Å². The summed E-state index contributed by atoms with van der Waals surface area (Å²) in [5.74, 6) is -0.0395. The van der Waals surface area contributed by atoms with Gasteiger partial charge in [0.1, 0.15) is 0 Å². The second-order valence-electron chi connectivity index (χ2n) is 6.54. The minimum atomic E-state index is -0.0852. The van der Waals surface area contributed by atoms with E-state index in [0.717, 1.165) is 48.3 Å². The summed E-state index contributed by atoms with van der Waals surface area (Å²) < 4.78 is 4.84. The normalized spacial score (nSPS) is 23.1. The van der Waals surface area contributed by atoms with Crippen LogP contribution in [-0.2, 0) is 9.53 Å². The van der Waals surface area contributed by atoms with Crippen molar-refractivity contribution in [2.24, 2.45) is 16.6 Å². The van der Waals surface area contributed by atoms with E-state index >= 15 is 0 Å². The number of ether oxygens (including phenoxy) is 1. The van der Waals surface area contributed by atoms with Gasteiger partial charge in [0.15, 0.2) is 0 Å². The fourth-order valence-corrected chi connectivity index (χ4v) is 3.41. The van der Waals surface area contributed by atoms with Crippen LogP contribution in [0, 0.1) is 5.92 Å². The molecule has 0 amide bonds. The monoisotopic (exact) mass is 342 g/mol. The second-order valence-corrected chi connectivity index (χ2v) is 6.54. The van der Waals surface area contributed by atoms with Gasteiger partial charge < -0.3 is 21.1 Å². The predicted octanol–water partition coefficient (Wildman–Crippen LogP) is 2.35. The quantitative estimate of drug-likeness (QED) is 0.715. The maximum atomic E-state index is 11.6. The van der Waals surface area contributed by atoms with Gasteiger partial charge in [-0.1, -0.05) is 12.1 Å². The molecule has 6 heteroatoms. The topological polar surface area (TPSA) is 88.7 Å². The van der Waals surface area contributed by atoms with Crippen LogP contribution in [0.25, 0.3) is 0 Å². The summed E-state index contributed by atoms with van der Waals surface area (Å²) >= 11 is 0. The molecule has 1 aromatic rings. The molecule has 1 heterocycles. The Morgan fingerprint density at radius 3 is 2.84 bits per heavy atom. The van der Waals surface area contributed by atoms with Crippen molar-refractivity contribution in [1.82, 2.24) is 5.32 Å². The van der Waals surface area contributed by atoms with Gasteiger partial charge in [0, 0.05) is 24.4 Å². The highest BCUT2D eigenvalue weighted by atomic mass is 16.5. The average Bonchev–Trinajstić information content (AvgIpc) is 2.68. The van der Waals surface area contributed by atoms with E-state index in [-0.39, 0.29) is 11.9 Å². The van der Waals surface area contributed by atoms with E-state index in [0.29, 0.717) is 19.1 Å². The first-order valence-corrected chi connectivity index (χ1v) is 8.85.